The van der Waals surface area contributed by atoms with Crippen molar-refractivity contribution in [3.63, 3.8) is 0 Å². The van der Waals surface area contributed by atoms with E-state index in [0.717, 1.165) is 11.1 Å². The lowest BCUT2D eigenvalue weighted by atomic mass is 10.0. The van der Waals surface area contributed by atoms with Crippen molar-refractivity contribution in [2.24, 2.45) is 0 Å². The zero-order chi connectivity index (χ0) is 25.2. The Labute approximate surface area is 208 Å². The van der Waals surface area contributed by atoms with Gasteiger partial charge in [-0.3, -0.25) is 14.8 Å². The van der Waals surface area contributed by atoms with Crippen molar-refractivity contribution in [2.75, 3.05) is 10.6 Å². The molecular formula is C27H24N6O3. The number of carbonyl (C=O) groups is 3. The van der Waals surface area contributed by atoms with E-state index in [1.54, 1.807) is 85.5 Å². The molecule has 4 rings (SSSR count). The predicted octanol–water partition coefficient (Wildman–Crippen LogP) is 4.35. The average Bonchev–Trinajstić information content (AvgIpc) is 2.92. The fraction of sp³-hybridized carbons (Fsp3) is 0.0741. The molecule has 0 spiro atoms. The second-order valence-electron chi connectivity index (χ2n) is 7.82. The van der Waals surface area contributed by atoms with Crippen molar-refractivity contribution < 1.29 is 14.4 Å². The zero-order valence-corrected chi connectivity index (χ0v) is 19.3. The van der Waals surface area contributed by atoms with Gasteiger partial charge in [0.05, 0.1) is 0 Å². The molecule has 0 aliphatic rings. The number of hydrogen-bond acceptors (Lipinski definition) is 5. The minimum absolute atomic E-state index is 0.171. The number of ketones is 1. The minimum Gasteiger partial charge on any atom is -0.334 e. The van der Waals surface area contributed by atoms with Crippen LogP contribution < -0.4 is 21.3 Å². The van der Waals surface area contributed by atoms with Gasteiger partial charge >= 0.3 is 12.1 Å². The Kier molecular flexibility index (Phi) is 7.95. The van der Waals surface area contributed by atoms with Gasteiger partial charge in [-0.15, -0.1) is 0 Å². The average molecular weight is 481 g/mol. The van der Waals surface area contributed by atoms with Crippen LogP contribution in [0.3, 0.4) is 0 Å². The first-order valence-corrected chi connectivity index (χ1v) is 11.2. The summed E-state index contributed by atoms with van der Waals surface area (Å²) < 4.78 is 0. The van der Waals surface area contributed by atoms with E-state index < -0.39 is 0 Å². The molecule has 9 heteroatoms. The summed E-state index contributed by atoms with van der Waals surface area (Å²) in [6.45, 7) is 0.709. The van der Waals surface area contributed by atoms with Crippen LogP contribution in [-0.2, 0) is 13.1 Å². The molecule has 9 nitrogen and oxygen atoms in total. The van der Waals surface area contributed by atoms with E-state index in [0.29, 0.717) is 35.6 Å². The Morgan fingerprint density at radius 1 is 0.583 bits per heavy atom. The van der Waals surface area contributed by atoms with E-state index in [-0.39, 0.29) is 17.8 Å². The SMILES string of the molecule is O=C(NCc1cccnc1)Nc1ccc(C(=O)c2ccc(NC(=O)NCc3cccnc3)cc2)cc1. The number of rotatable bonds is 8. The second-order valence-corrected chi connectivity index (χ2v) is 7.82. The maximum Gasteiger partial charge on any atom is 0.319 e. The minimum atomic E-state index is -0.356. The van der Waals surface area contributed by atoms with Crippen LogP contribution >= 0.6 is 0 Å². The molecule has 2 aromatic carbocycles. The summed E-state index contributed by atoms with van der Waals surface area (Å²) >= 11 is 0. The molecule has 4 N–H and O–H groups in total. The van der Waals surface area contributed by atoms with Gasteiger partial charge in [-0.05, 0) is 71.8 Å². The van der Waals surface area contributed by atoms with Crippen molar-refractivity contribution in [3.05, 3.63) is 120 Å². The molecule has 0 saturated carbocycles. The van der Waals surface area contributed by atoms with Crippen LogP contribution in [0.5, 0.6) is 0 Å². The molecule has 0 aliphatic heterocycles. The normalized spacial score (nSPS) is 10.2. The molecule has 4 aromatic rings. The highest BCUT2D eigenvalue weighted by Crippen LogP contribution is 2.16. The highest BCUT2D eigenvalue weighted by atomic mass is 16.2. The first-order valence-electron chi connectivity index (χ1n) is 11.2. The summed E-state index contributed by atoms with van der Waals surface area (Å²) in [5.41, 5.74) is 3.86. The van der Waals surface area contributed by atoms with Gasteiger partial charge in [0.2, 0.25) is 0 Å². The fourth-order valence-corrected chi connectivity index (χ4v) is 3.30. The summed E-state index contributed by atoms with van der Waals surface area (Å²) in [4.78, 5) is 45.0. The van der Waals surface area contributed by atoms with E-state index in [9.17, 15) is 14.4 Å². The maximum atomic E-state index is 12.8. The number of amides is 4. The van der Waals surface area contributed by atoms with Crippen LogP contribution in [0.2, 0.25) is 0 Å². The molecule has 36 heavy (non-hydrogen) atoms. The van der Waals surface area contributed by atoms with Crippen LogP contribution in [0.25, 0.3) is 0 Å². The summed E-state index contributed by atoms with van der Waals surface area (Å²) in [6.07, 6.45) is 6.70. The van der Waals surface area contributed by atoms with E-state index in [1.807, 2.05) is 12.1 Å². The molecule has 0 fully saturated rings. The predicted molar refractivity (Wildman–Crippen MR) is 137 cm³/mol. The third-order valence-corrected chi connectivity index (χ3v) is 5.16. The Balaban J connectivity index is 1.26. The number of hydrogen-bond donors (Lipinski definition) is 4. The van der Waals surface area contributed by atoms with Crippen LogP contribution in [0.15, 0.2) is 97.6 Å². The monoisotopic (exact) mass is 480 g/mol. The molecule has 0 bridgehead atoms. The third-order valence-electron chi connectivity index (χ3n) is 5.16. The van der Waals surface area contributed by atoms with Crippen LogP contribution in [0.4, 0.5) is 21.0 Å². The van der Waals surface area contributed by atoms with Gasteiger partial charge in [0.25, 0.3) is 0 Å². The lowest BCUT2D eigenvalue weighted by Gasteiger charge is -2.09. The second kappa shape index (κ2) is 11.9. The van der Waals surface area contributed by atoms with Crippen LogP contribution in [-0.4, -0.2) is 27.8 Å². The molecule has 0 radical (unpaired) electrons. The first kappa shape index (κ1) is 24.1. The Bertz CT molecular complexity index is 1210. The molecule has 0 saturated heterocycles. The van der Waals surface area contributed by atoms with Crippen molar-refractivity contribution >= 4 is 29.2 Å². The molecular weight excluding hydrogens is 456 g/mol. The molecule has 2 aromatic heterocycles. The summed E-state index contributed by atoms with van der Waals surface area (Å²) in [6, 6.07) is 19.9. The van der Waals surface area contributed by atoms with Gasteiger partial charge in [0.15, 0.2) is 5.78 Å². The highest BCUT2D eigenvalue weighted by molar-refractivity contribution is 6.09. The third kappa shape index (κ3) is 6.97. The summed E-state index contributed by atoms with van der Waals surface area (Å²) in [7, 11) is 0. The molecule has 2 heterocycles. The zero-order valence-electron chi connectivity index (χ0n) is 19.3. The standard InChI is InChI=1S/C27H24N6O3/c34-25(21-5-9-23(10-6-21)32-26(35)30-17-19-3-1-13-28-15-19)22-7-11-24(12-8-22)33-27(36)31-18-20-4-2-14-29-16-20/h1-16H,17-18H2,(H2,30,32,35)(H2,31,33,36). The lowest BCUT2D eigenvalue weighted by molar-refractivity contribution is 0.103. The number of benzene rings is 2. The van der Waals surface area contributed by atoms with E-state index in [1.165, 1.54) is 0 Å². The van der Waals surface area contributed by atoms with Crippen molar-refractivity contribution in [1.82, 2.24) is 20.6 Å². The molecule has 0 atom stereocenters. The topological polar surface area (TPSA) is 125 Å². The largest absolute Gasteiger partial charge is 0.334 e. The van der Waals surface area contributed by atoms with Gasteiger partial charge in [-0.1, -0.05) is 12.1 Å². The number of carbonyl (C=O) groups excluding carboxylic acids is 3. The van der Waals surface area contributed by atoms with Crippen molar-refractivity contribution in [1.29, 1.82) is 0 Å². The van der Waals surface area contributed by atoms with Gasteiger partial charge in [0.1, 0.15) is 0 Å². The summed E-state index contributed by atoms with van der Waals surface area (Å²) in [5.74, 6) is -0.171. The molecule has 0 unspecified atom stereocenters. The first-order chi connectivity index (χ1) is 17.6. The fourth-order valence-electron chi connectivity index (χ4n) is 3.30. The van der Waals surface area contributed by atoms with Gasteiger partial charge < -0.3 is 21.3 Å². The number of anilines is 2. The smallest absolute Gasteiger partial charge is 0.319 e. The number of pyridine rings is 2. The molecule has 4 amide bonds. The molecule has 0 aliphatic carbocycles. The van der Waals surface area contributed by atoms with Crippen LogP contribution in [0.1, 0.15) is 27.0 Å². The number of aromatic nitrogens is 2. The number of nitrogens with one attached hydrogen (secondary N) is 4. The van der Waals surface area contributed by atoms with Crippen LogP contribution in [0, 0.1) is 0 Å². The van der Waals surface area contributed by atoms with Crippen molar-refractivity contribution in [3.8, 4) is 0 Å². The van der Waals surface area contributed by atoms with Gasteiger partial charge in [-0.25, -0.2) is 9.59 Å². The number of urea groups is 2. The highest BCUT2D eigenvalue weighted by Gasteiger charge is 2.10. The Morgan fingerprint density at radius 3 is 1.36 bits per heavy atom. The quantitative estimate of drug-likeness (QED) is 0.279. The Morgan fingerprint density at radius 2 is 1.00 bits per heavy atom. The maximum absolute atomic E-state index is 12.8. The van der Waals surface area contributed by atoms with E-state index >= 15 is 0 Å². The molecule has 180 valence electrons. The summed E-state index contributed by atoms with van der Waals surface area (Å²) in [5, 5.41) is 11.0. The number of nitrogens with zero attached hydrogens (tertiary/aromatic N) is 2. The van der Waals surface area contributed by atoms with Gasteiger partial charge in [0, 0.05) is 60.4 Å². The Hall–Kier alpha value is -5.05. The van der Waals surface area contributed by atoms with Gasteiger partial charge in [-0.2, -0.15) is 0 Å². The lowest BCUT2D eigenvalue weighted by Crippen LogP contribution is -2.28. The van der Waals surface area contributed by atoms with E-state index in [2.05, 4.69) is 31.2 Å². The van der Waals surface area contributed by atoms with E-state index in [4.69, 9.17) is 0 Å². The van der Waals surface area contributed by atoms with Crippen molar-refractivity contribution in [2.45, 2.75) is 13.1 Å².